The molecule has 2 saturated carbocycles. The van der Waals surface area contributed by atoms with Gasteiger partial charge in [0.15, 0.2) is 16.6 Å². The number of esters is 1. The number of likely N-dealkylation sites (tertiary alicyclic amines) is 1. The lowest BCUT2D eigenvalue weighted by Crippen LogP contribution is -2.58. The number of methoxy groups -OCH3 is 1. The van der Waals surface area contributed by atoms with Crippen LogP contribution in [0.4, 0.5) is 5.13 Å². The Kier molecular flexibility index (Phi) is 10.5. The van der Waals surface area contributed by atoms with Gasteiger partial charge in [-0.3, -0.25) is 19.1 Å². The largest absolute Gasteiger partial charge is 0.470 e. The molecule has 1 aromatic carbocycles. The van der Waals surface area contributed by atoms with Gasteiger partial charge in [-0.1, -0.05) is 50.6 Å². The molecule has 1 saturated heterocycles. The molecule has 0 spiro atoms. The molecule has 3 N–H and O–H groups in total. The Hall–Kier alpha value is -5.11. The first kappa shape index (κ1) is 40.7. The van der Waals surface area contributed by atoms with Crippen LogP contribution in [0.25, 0.3) is 32.8 Å². The predicted molar refractivity (Wildman–Crippen MR) is 222 cm³/mol. The number of rotatable bonds is 13. The van der Waals surface area contributed by atoms with E-state index in [0.717, 1.165) is 16.7 Å². The molecule has 4 aromatic heterocycles. The van der Waals surface area contributed by atoms with Crippen LogP contribution in [-0.4, -0.2) is 94.6 Å². The number of fused-ring (bicyclic) bond motifs is 3. The van der Waals surface area contributed by atoms with Gasteiger partial charge in [-0.05, 0) is 48.9 Å². The quantitative estimate of drug-likeness (QED) is 0.0980. The second kappa shape index (κ2) is 15.2. The molecule has 5 atom stereocenters. The predicted octanol–water partition coefficient (Wildman–Crippen LogP) is 5.55. The molecule has 2 aliphatic carbocycles. The Morgan fingerprint density at radius 3 is 2.54 bits per heavy atom. The van der Waals surface area contributed by atoms with Gasteiger partial charge in [-0.15, -0.1) is 29.3 Å². The molecule has 20 heteroatoms. The van der Waals surface area contributed by atoms with Crippen LogP contribution < -0.4 is 20.1 Å². The fourth-order valence-corrected chi connectivity index (χ4v) is 10.3. The average molecular weight is 882 g/mol. The van der Waals surface area contributed by atoms with Gasteiger partial charge in [-0.2, -0.15) is 4.98 Å². The van der Waals surface area contributed by atoms with Crippen molar-refractivity contribution in [1.29, 1.82) is 0 Å². The fraction of sp³-hybridized carbons (Fsp3) is 0.410. The summed E-state index contributed by atoms with van der Waals surface area (Å²) >= 11 is 8.68. The monoisotopic (exact) mass is 881 g/mol. The number of nitrogens with zero attached hydrogens (tertiary/aromatic N) is 4. The van der Waals surface area contributed by atoms with Crippen molar-refractivity contribution in [3.05, 3.63) is 64.5 Å². The number of thiazole rings is 1. The molecule has 1 aliphatic heterocycles. The first-order valence-corrected chi connectivity index (χ1v) is 22.4. The van der Waals surface area contributed by atoms with E-state index in [1.165, 1.54) is 34.8 Å². The number of carbonyl (C=O) groups excluding carboxylic acids is 4. The summed E-state index contributed by atoms with van der Waals surface area (Å²) in [6.07, 6.45) is 1.62. The van der Waals surface area contributed by atoms with E-state index >= 15 is 0 Å². The standard InChI is InChI=1S/C39H40ClN7O9S3/c1-6-19-16-39(19,36(51)46-59(52,53)21-11-12-21)45-32(48)24-15-20(17-47(24)34(49)30(38(2,3)4)43-37-41-23(18-57-37)35(50)54-5)55-33-29-28(22-9-7-8-10-25(22)56-29)42-31(44-33)26-13-14-27(40)58-26/h6-10,13-14,18-21,24,30H,1,11-12,15-17H2,2-5H3,(H,41,43)(H,45,48)(H,46,51)/t19-,20-,24+,30-,39-/m1/s1. The highest BCUT2D eigenvalue weighted by atomic mass is 35.5. The molecule has 8 rings (SSSR count). The number of hydrogen-bond donors (Lipinski definition) is 3. The van der Waals surface area contributed by atoms with Gasteiger partial charge in [0.2, 0.25) is 27.4 Å². The maximum absolute atomic E-state index is 14.9. The highest BCUT2D eigenvalue weighted by Crippen LogP contribution is 2.46. The van der Waals surface area contributed by atoms with Crippen LogP contribution in [0.15, 0.2) is 58.9 Å². The smallest absolute Gasteiger partial charge is 0.357 e. The summed E-state index contributed by atoms with van der Waals surface area (Å²) in [5, 5.41) is 7.83. The van der Waals surface area contributed by atoms with Gasteiger partial charge in [0.05, 0.1) is 28.1 Å². The molecule has 0 unspecified atom stereocenters. The van der Waals surface area contributed by atoms with E-state index in [-0.39, 0.29) is 41.7 Å². The molecule has 5 heterocycles. The number of sulfonamides is 1. The number of halogens is 1. The van der Waals surface area contributed by atoms with E-state index in [0.29, 0.717) is 39.0 Å². The van der Waals surface area contributed by atoms with Gasteiger partial charge >= 0.3 is 5.97 Å². The molecule has 3 amide bonds. The van der Waals surface area contributed by atoms with Crippen LogP contribution >= 0.6 is 34.3 Å². The third-order valence-electron chi connectivity index (χ3n) is 10.6. The maximum atomic E-state index is 14.9. The summed E-state index contributed by atoms with van der Waals surface area (Å²) in [6, 6.07) is 8.71. The molecule has 310 valence electrons. The van der Waals surface area contributed by atoms with Crippen LogP contribution in [0, 0.1) is 11.3 Å². The van der Waals surface area contributed by atoms with Crippen molar-refractivity contribution in [2.75, 3.05) is 19.0 Å². The van der Waals surface area contributed by atoms with Crippen LogP contribution in [-0.2, 0) is 29.1 Å². The second-order valence-corrected chi connectivity index (χ2v) is 20.4. The van der Waals surface area contributed by atoms with Crippen molar-refractivity contribution >= 4 is 95.2 Å². The molecule has 0 radical (unpaired) electrons. The van der Waals surface area contributed by atoms with E-state index < -0.39 is 74.0 Å². The third kappa shape index (κ3) is 7.87. The fourth-order valence-electron chi connectivity index (χ4n) is 7.22. The van der Waals surface area contributed by atoms with Crippen LogP contribution in [0.1, 0.15) is 56.9 Å². The number of ether oxygens (including phenoxy) is 2. The zero-order valence-electron chi connectivity index (χ0n) is 32.3. The number of aromatic nitrogens is 3. The molecule has 3 fully saturated rings. The van der Waals surface area contributed by atoms with E-state index in [4.69, 9.17) is 35.5 Å². The zero-order valence-corrected chi connectivity index (χ0v) is 35.5. The minimum Gasteiger partial charge on any atom is -0.470 e. The van der Waals surface area contributed by atoms with E-state index in [9.17, 15) is 27.6 Å². The number of thiophene rings is 1. The zero-order chi connectivity index (χ0) is 42.0. The number of anilines is 1. The topological polar surface area (TPSA) is 212 Å². The first-order valence-electron chi connectivity index (χ1n) is 18.7. The Morgan fingerprint density at radius 2 is 1.88 bits per heavy atom. The molecule has 5 aromatic rings. The van der Waals surface area contributed by atoms with Gasteiger partial charge in [0.25, 0.3) is 11.8 Å². The number of amides is 3. The number of nitrogens with one attached hydrogen (secondary N) is 3. The van der Waals surface area contributed by atoms with Crippen LogP contribution in [0.2, 0.25) is 4.34 Å². The summed E-state index contributed by atoms with van der Waals surface area (Å²) in [6.45, 7) is 9.22. The Balaban J connectivity index is 1.14. The average Bonchev–Trinajstić information content (AvgIpc) is 3.92. The number of carbonyl (C=O) groups is 4. The van der Waals surface area contributed by atoms with Crippen molar-refractivity contribution < 1.29 is 41.5 Å². The maximum Gasteiger partial charge on any atom is 0.357 e. The molecular formula is C39H40ClN7O9S3. The number of furan rings is 1. The molecule has 59 heavy (non-hydrogen) atoms. The molecule has 0 bridgehead atoms. The van der Waals surface area contributed by atoms with Crippen molar-refractivity contribution in [1.82, 2.24) is 29.9 Å². The molecule has 3 aliphatic rings. The van der Waals surface area contributed by atoms with Crippen molar-refractivity contribution in [3.63, 3.8) is 0 Å². The number of hydrogen-bond acceptors (Lipinski definition) is 15. The first-order chi connectivity index (χ1) is 28.0. The SMILES string of the molecule is C=C[C@@H]1C[C@]1(NC(=O)[C@@H]1C[C@@H](Oc2nc(-c3ccc(Cl)s3)nc3c2oc2ccccc23)CN1C(=O)[C@@H](Nc1nc(C(=O)OC)cs1)C(C)(C)C)C(=O)NS(=O)(=O)C1CC1. The highest BCUT2D eigenvalue weighted by Gasteiger charge is 2.62. The summed E-state index contributed by atoms with van der Waals surface area (Å²) in [5.41, 5.74) is -0.982. The summed E-state index contributed by atoms with van der Waals surface area (Å²) in [5.74, 6) is -2.81. The number of para-hydroxylation sites is 1. The Morgan fingerprint density at radius 1 is 1.12 bits per heavy atom. The van der Waals surface area contributed by atoms with E-state index in [1.54, 1.807) is 18.2 Å². The minimum atomic E-state index is -3.94. The van der Waals surface area contributed by atoms with Crippen molar-refractivity contribution in [2.45, 2.75) is 75.4 Å². The Bertz CT molecular complexity index is 2630. The molecular weight excluding hydrogens is 842 g/mol. The summed E-state index contributed by atoms with van der Waals surface area (Å²) in [7, 11) is -2.69. The Labute approximate surface area is 351 Å². The van der Waals surface area contributed by atoms with E-state index in [1.807, 2.05) is 39.0 Å². The third-order valence-corrected chi connectivity index (χ3v) is 14.5. The lowest BCUT2D eigenvalue weighted by Gasteiger charge is -2.35. The number of benzene rings is 1. The van der Waals surface area contributed by atoms with Crippen LogP contribution in [0.3, 0.4) is 0 Å². The summed E-state index contributed by atoms with van der Waals surface area (Å²) in [4.78, 5) is 71.2. The highest BCUT2D eigenvalue weighted by molar-refractivity contribution is 7.91. The van der Waals surface area contributed by atoms with Gasteiger partial charge in [-0.25, -0.2) is 23.2 Å². The van der Waals surface area contributed by atoms with E-state index in [2.05, 4.69) is 26.9 Å². The molecule has 16 nitrogen and oxygen atoms in total. The van der Waals surface area contributed by atoms with Gasteiger partial charge in [0, 0.05) is 23.1 Å². The van der Waals surface area contributed by atoms with Crippen molar-refractivity contribution in [2.24, 2.45) is 11.3 Å². The minimum absolute atomic E-state index is 0.0408. The normalized spacial score (nSPS) is 22.2. The van der Waals surface area contributed by atoms with Crippen LogP contribution in [0.5, 0.6) is 5.88 Å². The van der Waals surface area contributed by atoms with Gasteiger partial charge < -0.3 is 29.4 Å². The second-order valence-electron chi connectivity index (χ2n) is 15.9. The summed E-state index contributed by atoms with van der Waals surface area (Å²) < 4.78 is 46.0. The van der Waals surface area contributed by atoms with Crippen molar-refractivity contribution in [3.8, 4) is 16.6 Å². The lowest BCUT2D eigenvalue weighted by molar-refractivity contribution is -0.141. The lowest BCUT2D eigenvalue weighted by atomic mass is 9.85. The van der Waals surface area contributed by atoms with Gasteiger partial charge in [0.1, 0.15) is 34.8 Å².